The van der Waals surface area contributed by atoms with Gasteiger partial charge in [0.2, 0.25) is 0 Å². The number of nitrogens with one attached hydrogen (secondary N) is 1. The summed E-state index contributed by atoms with van der Waals surface area (Å²) in [6.07, 6.45) is 9.57. The Labute approximate surface area is 138 Å². The summed E-state index contributed by atoms with van der Waals surface area (Å²) < 4.78 is 5.92. The molecule has 124 valence electrons. The van der Waals surface area contributed by atoms with Gasteiger partial charge in [0.25, 0.3) is 5.91 Å². The maximum atomic E-state index is 12.4. The summed E-state index contributed by atoms with van der Waals surface area (Å²) in [7, 11) is 0. The minimum Gasteiger partial charge on any atom is -0.481 e. The van der Waals surface area contributed by atoms with E-state index >= 15 is 0 Å². The molecule has 1 amide bonds. The van der Waals surface area contributed by atoms with E-state index in [1.165, 1.54) is 56.1 Å². The van der Waals surface area contributed by atoms with Crippen molar-refractivity contribution in [2.24, 2.45) is 11.8 Å². The van der Waals surface area contributed by atoms with Gasteiger partial charge >= 0.3 is 0 Å². The van der Waals surface area contributed by atoms with Crippen molar-refractivity contribution < 1.29 is 9.53 Å². The van der Waals surface area contributed by atoms with Crippen LogP contribution in [0.4, 0.5) is 0 Å². The molecule has 3 heteroatoms. The standard InChI is InChI=1S/C20H27NO2/c1-13(20(22)21-19-11-14-6-7-17(19)10-14)23-18-9-8-15-4-2-3-5-16(15)12-18/h8-9,12-14,17,19H,2-7,10-11H2,1H3,(H,21,22)/t13-,14+,17+,19+/m0/s1. The second-order valence-corrected chi connectivity index (χ2v) is 7.69. The zero-order chi connectivity index (χ0) is 15.8. The first kappa shape index (κ1) is 15.0. The lowest BCUT2D eigenvalue weighted by Gasteiger charge is -2.25. The van der Waals surface area contributed by atoms with Crippen LogP contribution in [0, 0.1) is 11.8 Å². The summed E-state index contributed by atoms with van der Waals surface area (Å²) in [5.74, 6) is 2.43. The maximum Gasteiger partial charge on any atom is 0.261 e. The molecule has 0 unspecified atom stereocenters. The van der Waals surface area contributed by atoms with Crippen molar-refractivity contribution >= 4 is 5.91 Å². The molecule has 0 radical (unpaired) electrons. The van der Waals surface area contributed by atoms with Crippen molar-refractivity contribution in [1.82, 2.24) is 5.32 Å². The van der Waals surface area contributed by atoms with E-state index in [0.29, 0.717) is 12.0 Å². The second-order valence-electron chi connectivity index (χ2n) is 7.69. The average Bonchev–Trinajstić information content (AvgIpc) is 3.17. The van der Waals surface area contributed by atoms with Gasteiger partial charge < -0.3 is 10.1 Å². The molecule has 2 fully saturated rings. The highest BCUT2D eigenvalue weighted by Gasteiger charge is 2.40. The normalized spacial score (nSPS) is 29.9. The van der Waals surface area contributed by atoms with Gasteiger partial charge in [-0.05, 0) is 87.0 Å². The number of amides is 1. The fourth-order valence-electron chi connectivity index (χ4n) is 4.76. The van der Waals surface area contributed by atoms with Crippen molar-refractivity contribution in [3.05, 3.63) is 29.3 Å². The molecule has 23 heavy (non-hydrogen) atoms. The van der Waals surface area contributed by atoms with Crippen LogP contribution in [0.15, 0.2) is 18.2 Å². The van der Waals surface area contributed by atoms with Gasteiger partial charge in [0, 0.05) is 6.04 Å². The van der Waals surface area contributed by atoms with E-state index < -0.39 is 6.10 Å². The molecular formula is C20H27NO2. The summed E-state index contributed by atoms with van der Waals surface area (Å²) in [6.45, 7) is 1.86. The minimum atomic E-state index is -0.421. The quantitative estimate of drug-likeness (QED) is 0.921. The molecule has 4 rings (SSSR count). The van der Waals surface area contributed by atoms with Crippen LogP contribution in [-0.4, -0.2) is 18.1 Å². The summed E-state index contributed by atoms with van der Waals surface area (Å²) in [4.78, 5) is 12.4. The van der Waals surface area contributed by atoms with Gasteiger partial charge in [-0.1, -0.05) is 12.5 Å². The topological polar surface area (TPSA) is 38.3 Å². The Kier molecular flexibility index (Phi) is 4.04. The Hall–Kier alpha value is -1.51. The SMILES string of the molecule is C[C@H](Oc1ccc2c(c1)CCCC2)C(=O)N[C@@H]1C[C@@H]2CC[C@@H]1C2. The Balaban J connectivity index is 1.35. The van der Waals surface area contributed by atoms with Gasteiger partial charge in [-0.25, -0.2) is 0 Å². The third-order valence-electron chi connectivity index (χ3n) is 6.07. The highest BCUT2D eigenvalue weighted by molar-refractivity contribution is 5.81. The van der Waals surface area contributed by atoms with Crippen LogP contribution in [-0.2, 0) is 17.6 Å². The molecule has 2 bridgehead atoms. The molecule has 1 N–H and O–H groups in total. The van der Waals surface area contributed by atoms with Gasteiger partial charge in [-0.3, -0.25) is 4.79 Å². The van der Waals surface area contributed by atoms with Crippen molar-refractivity contribution in [2.75, 3.05) is 0 Å². The molecule has 3 aliphatic rings. The van der Waals surface area contributed by atoms with Crippen LogP contribution in [0.5, 0.6) is 5.75 Å². The smallest absolute Gasteiger partial charge is 0.261 e. The van der Waals surface area contributed by atoms with Gasteiger partial charge in [0.1, 0.15) is 5.75 Å². The maximum absolute atomic E-state index is 12.4. The largest absolute Gasteiger partial charge is 0.481 e. The third kappa shape index (κ3) is 3.11. The van der Waals surface area contributed by atoms with Crippen molar-refractivity contribution in [2.45, 2.75) is 70.4 Å². The number of carbonyl (C=O) groups excluding carboxylic acids is 1. The van der Waals surface area contributed by atoms with Gasteiger partial charge in [0.15, 0.2) is 6.10 Å². The number of hydrogen-bond donors (Lipinski definition) is 1. The number of carbonyl (C=O) groups is 1. The van der Waals surface area contributed by atoms with E-state index in [1.54, 1.807) is 0 Å². The predicted molar refractivity (Wildman–Crippen MR) is 90.6 cm³/mol. The number of fused-ring (bicyclic) bond motifs is 3. The van der Waals surface area contributed by atoms with Gasteiger partial charge in [0.05, 0.1) is 0 Å². The van der Waals surface area contributed by atoms with E-state index in [9.17, 15) is 4.79 Å². The zero-order valence-corrected chi connectivity index (χ0v) is 14.0. The molecule has 2 saturated carbocycles. The molecule has 3 nitrogen and oxygen atoms in total. The highest BCUT2D eigenvalue weighted by Crippen LogP contribution is 2.44. The zero-order valence-electron chi connectivity index (χ0n) is 14.0. The molecule has 0 aliphatic heterocycles. The lowest BCUT2D eigenvalue weighted by Crippen LogP contribution is -2.44. The van der Waals surface area contributed by atoms with E-state index in [1.807, 2.05) is 13.0 Å². The Morgan fingerprint density at radius 2 is 2.00 bits per heavy atom. The Bertz CT molecular complexity index is 597. The molecule has 1 aromatic carbocycles. The molecule has 4 atom stereocenters. The lowest BCUT2D eigenvalue weighted by atomic mass is 9.92. The van der Waals surface area contributed by atoms with Crippen molar-refractivity contribution in [1.29, 1.82) is 0 Å². The van der Waals surface area contributed by atoms with Crippen LogP contribution < -0.4 is 10.1 Å². The molecule has 0 heterocycles. The first-order chi connectivity index (χ1) is 11.2. The summed E-state index contributed by atoms with van der Waals surface area (Å²) in [5, 5.41) is 3.23. The lowest BCUT2D eigenvalue weighted by molar-refractivity contribution is -0.128. The number of rotatable bonds is 4. The minimum absolute atomic E-state index is 0.0419. The second kappa shape index (κ2) is 6.18. The molecule has 0 aromatic heterocycles. The summed E-state index contributed by atoms with van der Waals surface area (Å²) in [6, 6.07) is 6.71. The summed E-state index contributed by atoms with van der Waals surface area (Å²) in [5.41, 5.74) is 2.84. The average molecular weight is 313 g/mol. The Morgan fingerprint density at radius 1 is 1.17 bits per heavy atom. The predicted octanol–water partition coefficient (Wildman–Crippen LogP) is 3.64. The monoisotopic (exact) mass is 313 g/mol. The molecular weight excluding hydrogens is 286 g/mol. The number of benzene rings is 1. The Morgan fingerprint density at radius 3 is 2.74 bits per heavy atom. The van der Waals surface area contributed by atoms with E-state index in [0.717, 1.165) is 18.1 Å². The van der Waals surface area contributed by atoms with Crippen LogP contribution in [0.3, 0.4) is 0 Å². The number of aryl methyl sites for hydroxylation is 2. The number of hydrogen-bond acceptors (Lipinski definition) is 2. The first-order valence-corrected chi connectivity index (χ1v) is 9.28. The van der Waals surface area contributed by atoms with Crippen LogP contribution in [0.1, 0.15) is 56.6 Å². The van der Waals surface area contributed by atoms with Crippen LogP contribution in [0.2, 0.25) is 0 Å². The van der Waals surface area contributed by atoms with Crippen LogP contribution >= 0.6 is 0 Å². The van der Waals surface area contributed by atoms with Gasteiger partial charge in [-0.15, -0.1) is 0 Å². The van der Waals surface area contributed by atoms with Crippen molar-refractivity contribution in [3.63, 3.8) is 0 Å². The summed E-state index contributed by atoms with van der Waals surface area (Å²) >= 11 is 0. The molecule has 0 saturated heterocycles. The molecule has 1 aromatic rings. The van der Waals surface area contributed by atoms with Crippen LogP contribution in [0.25, 0.3) is 0 Å². The van der Waals surface area contributed by atoms with E-state index in [-0.39, 0.29) is 5.91 Å². The fourth-order valence-corrected chi connectivity index (χ4v) is 4.76. The van der Waals surface area contributed by atoms with Crippen molar-refractivity contribution in [3.8, 4) is 5.75 Å². The van der Waals surface area contributed by atoms with E-state index in [2.05, 4.69) is 17.4 Å². The van der Waals surface area contributed by atoms with E-state index in [4.69, 9.17) is 4.74 Å². The third-order valence-corrected chi connectivity index (χ3v) is 6.07. The highest BCUT2D eigenvalue weighted by atomic mass is 16.5. The first-order valence-electron chi connectivity index (χ1n) is 9.28. The number of ether oxygens (including phenoxy) is 1. The fraction of sp³-hybridized carbons (Fsp3) is 0.650. The molecule has 3 aliphatic carbocycles. The van der Waals surface area contributed by atoms with Gasteiger partial charge in [-0.2, -0.15) is 0 Å². The molecule has 0 spiro atoms.